The molecule has 1 N–H and O–H groups in total. The average Bonchev–Trinajstić information content (AvgIpc) is 2.33. The molecule has 0 spiro atoms. The van der Waals surface area contributed by atoms with Gasteiger partial charge in [0.05, 0.1) is 6.20 Å². The van der Waals surface area contributed by atoms with Gasteiger partial charge in [-0.1, -0.05) is 0 Å². The fourth-order valence-corrected chi connectivity index (χ4v) is 0.525. The van der Waals surface area contributed by atoms with Gasteiger partial charge in [-0.05, 0) is 6.92 Å². The first-order valence-electron chi connectivity index (χ1n) is 3.33. The van der Waals surface area contributed by atoms with E-state index in [1.54, 1.807) is 0 Å². The zero-order valence-electron chi connectivity index (χ0n) is 6.48. The fraction of sp³-hybridized carbons (Fsp3) is 0.400. The van der Waals surface area contributed by atoms with Gasteiger partial charge < -0.3 is 17.3 Å². The molecule has 0 fully saturated rings. The average molecular weight is 184 g/mol. The van der Waals surface area contributed by atoms with Gasteiger partial charge in [-0.15, -0.1) is 4.68 Å². The minimum absolute atomic E-state index is 1.02. The van der Waals surface area contributed by atoms with Gasteiger partial charge in [-0.2, -0.15) is 5.10 Å². The van der Waals surface area contributed by atoms with Crippen LogP contribution >= 0.6 is 0 Å². The normalized spacial score (nSPS) is 10.4. The molecule has 70 valence electrons. The van der Waals surface area contributed by atoms with E-state index in [1.807, 2.05) is 23.1 Å². The third-order valence-corrected chi connectivity index (χ3v) is 0.943. The Balaban J connectivity index is 0.000000217. The molecule has 0 atom stereocenters. The third kappa shape index (κ3) is 8.99. The van der Waals surface area contributed by atoms with Gasteiger partial charge in [0.1, 0.15) is 0 Å². The second-order valence-corrected chi connectivity index (χ2v) is 1.92. The summed E-state index contributed by atoms with van der Waals surface area (Å²) in [6.07, 6.45) is 3.91. The molecule has 0 aliphatic rings. The summed E-state index contributed by atoms with van der Waals surface area (Å²) < 4.78 is 41.0. The van der Waals surface area contributed by atoms with Gasteiger partial charge in [0.25, 0.3) is 0 Å². The second kappa shape index (κ2) is 4.79. The van der Waals surface area contributed by atoms with E-state index in [0.29, 0.717) is 0 Å². The molecule has 1 aromatic rings. The van der Waals surface area contributed by atoms with Crippen molar-refractivity contribution in [3.05, 3.63) is 18.5 Å². The molecule has 0 amide bonds. The van der Waals surface area contributed by atoms with E-state index in [4.69, 9.17) is 0 Å². The van der Waals surface area contributed by atoms with Crippen molar-refractivity contribution in [3.63, 3.8) is 0 Å². The highest BCUT2D eigenvalue weighted by Crippen LogP contribution is 2.06. The van der Waals surface area contributed by atoms with Gasteiger partial charge in [0.15, 0.2) is 12.7 Å². The SMILES string of the molecule is CC[n+]1ccc[nH]1.F[B-](F)(F)F. The zero-order valence-corrected chi connectivity index (χ0v) is 6.48. The lowest BCUT2D eigenvalue weighted by Crippen LogP contribution is -2.32. The van der Waals surface area contributed by atoms with E-state index in [1.165, 1.54) is 0 Å². The summed E-state index contributed by atoms with van der Waals surface area (Å²) in [4.78, 5) is 0. The monoisotopic (exact) mass is 184 g/mol. The minimum Gasteiger partial charge on any atom is -0.418 e. The van der Waals surface area contributed by atoms with Crippen molar-refractivity contribution in [2.24, 2.45) is 0 Å². The predicted octanol–water partition coefficient (Wildman–Crippen LogP) is 1.62. The lowest BCUT2D eigenvalue weighted by Gasteiger charge is -1.94. The molecule has 7 heteroatoms. The van der Waals surface area contributed by atoms with Crippen LogP contribution in [0.15, 0.2) is 18.5 Å². The number of hydrogen-bond acceptors (Lipinski definition) is 0. The Kier molecular flexibility index (Phi) is 4.39. The molecular formula is C5H9BF4N2. The van der Waals surface area contributed by atoms with E-state index in [-0.39, 0.29) is 0 Å². The molecule has 1 heterocycles. The molecule has 0 bridgehead atoms. The van der Waals surface area contributed by atoms with Crippen LogP contribution in [0.2, 0.25) is 0 Å². The molecule has 0 aliphatic heterocycles. The molecular weight excluding hydrogens is 175 g/mol. The Labute approximate surface area is 67.3 Å². The Morgan fingerprint density at radius 3 is 2.00 bits per heavy atom. The fourth-order valence-electron chi connectivity index (χ4n) is 0.525. The number of rotatable bonds is 1. The number of aromatic amines is 1. The number of halogens is 4. The van der Waals surface area contributed by atoms with Crippen LogP contribution in [-0.2, 0) is 6.54 Å². The van der Waals surface area contributed by atoms with Gasteiger partial charge in [0.2, 0.25) is 0 Å². The van der Waals surface area contributed by atoms with Crippen molar-refractivity contribution >= 4 is 7.25 Å². The summed E-state index contributed by atoms with van der Waals surface area (Å²) in [6.45, 7) is 3.11. The van der Waals surface area contributed by atoms with Crippen molar-refractivity contribution in [1.82, 2.24) is 5.10 Å². The smallest absolute Gasteiger partial charge is 0.418 e. The molecule has 12 heavy (non-hydrogen) atoms. The topological polar surface area (TPSA) is 19.7 Å². The van der Waals surface area contributed by atoms with Gasteiger partial charge in [-0.25, -0.2) is 0 Å². The summed E-state index contributed by atoms with van der Waals surface area (Å²) in [6, 6.07) is 1.98. The number of hydrogen-bond donors (Lipinski definition) is 1. The van der Waals surface area contributed by atoms with Crippen LogP contribution in [0, 0.1) is 0 Å². The van der Waals surface area contributed by atoms with Crippen molar-refractivity contribution in [1.29, 1.82) is 0 Å². The van der Waals surface area contributed by atoms with E-state index in [0.717, 1.165) is 6.54 Å². The maximum Gasteiger partial charge on any atom is 0.673 e. The molecule has 0 radical (unpaired) electrons. The standard InChI is InChI=1S/C5H8N2.BF4/c1-2-7-5-3-4-6-7;2-1(3,4)5/h3-5H,2H2,1H3;/q;-1/p+1. The zero-order chi connectivity index (χ0) is 9.61. The molecule has 0 saturated carbocycles. The van der Waals surface area contributed by atoms with Gasteiger partial charge in [0, 0.05) is 6.07 Å². The van der Waals surface area contributed by atoms with Crippen LogP contribution in [0.25, 0.3) is 0 Å². The van der Waals surface area contributed by atoms with Crippen LogP contribution in [0.4, 0.5) is 17.3 Å². The molecule has 0 saturated heterocycles. The van der Waals surface area contributed by atoms with Crippen LogP contribution in [0.5, 0.6) is 0 Å². The first kappa shape index (κ1) is 11.0. The van der Waals surface area contributed by atoms with Crippen LogP contribution in [0.1, 0.15) is 6.92 Å². The summed E-state index contributed by atoms with van der Waals surface area (Å²) in [7, 11) is -6.00. The molecule has 0 aliphatic carbocycles. The first-order valence-corrected chi connectivity index (χ1v) is 3.33. The Morgan fingerprint density at radius 1 is 1.33 bits per heavy atom. The highest BCUT2D eigenvalue weighted by atomic mass is 19.5. The Bertz CT molecular complexity index is 190. The predicted molar refractivity (Wildman–Crippen MR) is 36.8 cm³/mol. The molecule has 0 aromatic carbocycles. The summed E-state index contributed by atoms with van der Waals surface area (Å²) in [5.74, 6) is 0. The first-order chi connectivity index (χ1) is 5.43. The molecule has 2 nitrogen and oxygen atoms in total. The van der Waals surface area contributed by atoms with Crippen molar-refractivity contribution < 1.29 is 21.9 Å². The van der Waals surface area contributed by atoms with Gasteiger partial charge in [-0.3, -0.25) is 0 Å². The van der Waals surface area contributed by atoms with Gasteiger partial charge >= 0.3 is 7.25 Å². The van der Waals surface area contributed by atoms with E-state index in [9.17, 15) is 17.3 Å². The number of aromatic nitrogens is 2. The summed E-state index contributed by atoms with van der Waals surface area (Å²) >= 11 is 0. The van der Waals surface area contributed by atoms with Crippen LogP contribution in [0.3, 0.4) is 0 Å². The largest absolute Gasteiger partial charge is 0.673 e. The Hall–Kier alpha value is -1.01. The minimum atomic E-state index is -6.00. The highest BCUT2D eigenvalue weighted by molar-refractivity contribution is 6.50. The van der Waals surface area contributed by atoms with Crippen LogP contribution < -0.4 is 4.68 Å². The van der Waals surface area contributed by atoms with E-state index in [2.05, 4.69) is 12.0 Å². The molecule has 0 unspecified atom stereocenters. The highest BCUT2D eigenvalue weighted by Gasteiger charge is 2.20. The summed E-state index contributed by atoms with van der Waals surface area (Å²) in [5.41, 5.74) is 0. The van der Waals surface area contributed by atoms with Crippen molar-refractivity contribution in [2.45, 2.75) is 13.5 Å². The van der Waals surface area contributed by atoms with Crippen molar-refractivity contribution in [2.75, 3.05) is 0 Å². The number of H-pyrrole nitrogens is 1. The maximum atomic E-state index is 9.75. The second-order valence-electron chi connectivity index (χ2n) is 1.92. The maximum absolute atomic E-state index is 9.75. The summed E-state index contributed by atoms with van der Waals surface area (Å²) in [5, 5.41) is 3.00. The number of aryl methyl sites for hydroxylation is 1. The van der Waals surface area contributed by atoms with Crippen molar-refractivity contribution in [3.8, 4) is 0 Å². The van der Waals surface area contributed by atoms with E-state index < -0.39 is 7.25 Å². The lowest BCUT2D eigenvalue weighted by atomic mass is 10.3. The molecule has 1 rings (SSSR count). The Morgan fingerprint density at radius 2 is 1.83 bits per heavy atom. The number of nitrogens with one attached hydrogen (secondary N) is 1. The molecule has 1 aromatic heterocycles. The number of nitrogens with zero attached hydrogens (tertiary/aromatic N) is 1. The lowest BCUT2D eigenvalue weighted by molar-refractivity contribution is -0.747. The third-order valence-electron chi connectivity index (χ3n) is 0.943. The van der Waals surface area contributed by atoms with E-state index >= 15 is 0 Å². The quantitative estimate of drug-likeness (QED) is 0.388. The van der Waals surface area contributed by atoms with Crippen LogP contribution in [-0.4, -0.2) is 12.4 Å².